The molecule has 218 valence electrons. The number of pyridine rings is 1. The number of thioether (sulfide) groups is 1. The number of anilines is 2. The Bertz CT molecular complexity index is 1750. The molecule has 2 aromatic heterocycles. The Kier molecular flexibility index (Phi) is 8.57. The Morgan fingerprint density at radius 2 is 1.69 bits per heavy atom. The Morgan fingerprint density at radius 3 is 2.31 bits per heavy atom. The lowest BCUT2D eigenvalue weighted by Crippen LogP contribution is -2.35. The van der Waals surface area contributed by atoms with Gasteiger partial charge in [-0.15, -0.1) is 0 Å². The molecule has 0 unspecified atom stereocenters. The quantitative estimate of drug-likeness (QED) is 0.289. The second-order valence-electron chi connectivity index (χ2n) is 10.6. The van der Waals surface area contributed by atoms with Crippen molar-refractivity contribution in [3.8, 4) is 11.8 Å². The third-order valence-corrected chi connectivity index (χ3v) is 9.32. The van der Waals surface area contributed by atoms with Crippen molar-refractivity contribution in [3.05, 3.63) is 78.3 Å². The first-order chi connectivity index (χ1) is 20.2. The van der Waals surface area contributed by atoms with Crippen LogP contribution in [0.15, 0.2) is 44.8 Å². The predicted octanol–water partition coefficient (Wildman–Crippen LogP) is 5.02. The molecule has 4 heterocycles. The van der Waals surface area contributed by atoms with Gasteiger partial charge >= 0.3 is 0 Å². The normalized spacial score (nSPS) is 16.8. The molecule has 0 atom stereocenters. The third-order valence-electron chi connectivity index (χ3n) is 8.02. The van der Waals surface area contributed by atoms with Gasteiger partial charge in [0.25, 0.3) is 17.0 Å². The molecular formula is C31H34N6O3S2. The predicted molar refractivity (Wildman–Crippen MR) is 173 cm³/mol. The molecule has 0 radical (unpaired) electrons. The van der Waals surface area contributed by atoms with Gasteiger partial charge in [-0.2, -0.15) is 5.26 Å². The molecule has 2 aliphatic heterocycles. The SMILES string of the molecule is CCCn1c(N2CCCCCC2)c(/C=C2\SC(=S)N(c3c(C)n(C)n(-c4ccccc4)c3=O)C2=O)c(C)c(C#N)c1=O. The van der Waals surface area contributed by atoms with E-state index >= 15 is 0 Å². The van der Waals surface area contributed by atoms with Crippen LogP contribution in [0.5, 0.6) is 0 Å². The van der Waals surface area contributed by atoms with E-state index in [4.69, 9.17) is 12.2 Å². The zero-order valence-corrected chi connectivity index (χ0v) is 26.0. The average molecular weight is 603 g/mol. The molecule has 2 fully saturated rings. The maximum Gasteiger partial charge on any atom is 0.296 e. The standard InChI is InChI=1S/C31H34N6O3S2/c1-5-15-35-27(34-16-11-6-7-12-17-34)23(20(2)24(19-32)28(35)38)18-25-29(39)36(31(41)42-25)26-21(3)33(4)37(30(26)40)22-13-9-8-10-14-22/h8-10,13-14,18H,5-7,11-12,15-17H2,1-4H3/b25-18-. The highest BCUT2D eigenvalue weighted by Crippen LogP contribution is 2.39. The fourth-order valence-electron chi connectivity index (χ4n) is 5.80. The average Bonchev–Trinajstić information content (AvgIpc) is 3.22. The molecule has 2 aliphatic rings. The van der Waals surface area contributed by atoms with Gasteiger partial charge in [0.1, 0.15) is 23.1 Å². The molecule has 0 saturated carbocycles. The minimum Gasteiger partial charge on any atom is -0.357 e. The van der Waals surface area contributed by atoms with Gasteiger partial charge in [0.2, 0.25) is 0 Å². The van der Waals surface area contributed by atoms with Gasteiger partial charge in [0, 0.05) is 32.2 Å². The number of nitriles is 1. The van der Waals surface area contributed by atoms with E-state index in [-0.39, 0.29) is 26.7 Å². The molecule has 0 N–H and O–H groups in total. The van der Waals surface area contributed by atoms with E-state index in [1.54, 1.807) is 36.2 Å². The summed E-state index contributed by atoms with van der Waals surface area (Å²) in [7, 11) is 1.78. The maximum atomic E-state index is 14.0. The summed E-state index contributed by atoms with van der Waals surface area (Å²) in [4.78, 5) is 45.1. The third kappa shape index (κ3) is 5.03. The molecule has 0 bridgehead atoms. The molecule has 9 nitrogen and oxygen atoms in total. The zero-order valence-electron chi connectivity index (χ0n) is 24.3. The van der Waals surface area contributed by atoms with Crippen molar-refractivity contribution in [3.63, 3.8) is 0 Å². The number of benzene rings is 1. The van der Waals surface area contributed by atoms with Crippen LogP contribution in [0.4, 0.5) is 11.5 Å². The molecule has 1 aromatic carbocycles. The minimum atomic E-state index is -0.399. The molecule has 3 aromatic rings. The Labute approximate surface area is 254 Å². The van der Waals surface area contributed by atoms with E-state index in [0.29, 0.717) is 34.0 Å². The van der Waals surface area contributed by atoms with Crippen LogP contribution in [-0.4, -0.2) is 37.2 Å². The van der Waals surface area contributed by atoms with Crippen LogP contribution in [0.1, 0.15) is 61.4 Å². The van der Waals surface area contributed by atoms with Crippen molar-refractivity contribution in [1.82, 2.24) is 13.9 Å². The number of rotatable bonds is 6. The van der Waals surface area contributed by atoms with E-state index in [1.807, 2.05) is 37.3 Å². The number of thiocarbonyl (C=S) groups is 1. The molecule has 0 spiro atoms. The van der Waals surface area contributed by atoms with Crippen LogP contribution in [0.2, 0.25) is 0 Å². The second-order valence-corrected chi connectivity index (χ2v) is 12.3. The van der Waals surface area contributed by atoms with Crippen molar-refractivity contribution in [1.29, 1.82) is 5.26 Å². The number of carbonyl (C=O) groups is 1. The molecule has 5 rings (SSSR count). The summed E-state index contributed by atoms with van der Waals surface area (Å²) >= 11 is 6.81. The summed E-state index contributed by atoms with van der Waals surface area (Å²) in [5, 5.41) is 9.95. The van der Waals surface area contributed by atoms with Crippen molar-refractivity contribution in [2.75, 3.05) is 22.9 Å². The van der Waals surface area contributed by atoms with E-state index in [0.717, 1.165) is 62.8 Å². The zero-order chi connectivity index (χ0) is 30.1. The molecule has 0 aliphatic carbocycles. The van der Waals surface area contributed by atoms with Crippen LogP contribution in [0.3, 0.4) is 0 Å². The molecule has 2 saturated heterocycles. The highest BCUT2D eigenvalue weighted by Gasteiger charge is 2.38. The van der Waals surface area contributed by atoms with E-state index in [1.165, 1.54) is 9.58 Å². The molecular weight excluding hydrogens is 569 g/mol. The Balaban J connectivity index is 1.67. The number of nitrogens with zero attached hydrogens (tertiary/aromatic N) is 6. The lowest BCUT2D eigenvalue weighted by Gasteiger charge is -2.29. The van der Waals surface area contributed by atoms with E-state index in [9.17, 15) is 19.6 Å². The lowest BCUT2D eigenvalue weighted by atomic mass is 10.0. The van der Waals surface area contributed by atoms with Gasteiger partial charge in [0.15, 0.2) is 4.32 Å². The second kappa shape index (κ2) is 12.2. The van der Waals surface area contributed by atoms with Crippen LogP contribution in [-0.2, 0) is 18.4 Å². The first-order valence-corrected chi connectivity index (χ1v) is 15.5. The summed E-state index contributed by atoms with van der Waals surface area (Å²) < 4.78 is 5.20. The van der Waals surface area contributed by atoms with Crippen LogP contribution in [0.25, 0.3) is 11.8 Å². The number of aromatic nitrogens is 3. The number of hydrogen-bond donors (Lipinski definition) is 0. The largest absolute Gasteiger partial charge is 0.357 e. The number of carbonyl (C=O) groups excluding carboxylic acids is 1. The van der Waals surface area contributed by atoms with Gasteiger partial charge in [-0.05, 0) is 56.9 Å². The highest BCUT2D eigenvalue weighted by molar-refractivity contribution is 8.27. The van der Waals surface area contributed by atoms with Crippen LogP contribution < -0.4 is 20.9 Å². The van der Waals surface area contributed by atoms with Crippen molar-refractivity contribution in [2.45, 2.75) is 59.4 Å². The first-order valence-electron chi connectivity index (χ1n) is 14.3. The van der Waals surface area contributed by atoms with Gasteiger partial charge in [0.05, 0.1) is 16.3 Å². The number of para-hydroxylation sites is 1. The highest BCUT2D eigenvalue weighted by atomic mass is 32.2. The maximum absolute atomic E-state index is 14.0. The lowest BCUT2D eigenvalue weighted by molar-refractivity contribution is -0.113. The summed E-state index contributed by atoms with van der Waals surface area (Å²) in [5.41, 5.74) is 2.14. The van der Waals surface area contributed by atoms with Crippen LogP contribution >= 0.6 is 24.0 Å². The first kappa shape index (κ1) is 29.6. The molecule has 42 heavy (non-hydrogen) atoms. The summed E-state index contributed by atoms with van der Waals surface area (Å²) in [5.74, 6) is 0.344. The van der Waals surface area contributed by atoms with Crippen LogP contribution in [0, 0.1) is 25.2 Å². The topological polar surface area (TPSA) is 96.3 Å². The van der Waals surface area contributed by atoms with E-state index < -0.39 is 5.91 Å². The van der Waals surface area contributed by atoms with Crippen molar-refractivity contribution >= 4 is 51.8 Å². The smallest absolute Gasteiger partial charge is 0.296 e. The van der Waals surface area contributed by atoms with Crippen molar-refractivity contribution in [2.24, 2.45) is 7.05 Å². The Hall–Kier alpha value is -3.88. The Morgan fingerprint density at radius 1 is 1.02 bits per heavy atom. The number of amides is 1. The molecule has 11 heteroatoms. The van der Waals surface area contributed by atoms with E-state index in [2.05, 4.69) is 11.0 Å². The number of hydrogen-bond acceptors (Lipinski definition) is 7. The summed E-state index contributed by atoms with van der Waals surface area (Å²) in [6.45, 7) is 7.60. The monoisotopic (exact) mass is 602 g/mol. The van der Waals surface area contributed by atoms with Crippen molar-refractivity contribution < 1.29 is 4.79 Å². The minimum absolute atomic E-state index is 0.0772. The van der Waals surface area contributed by atoms with Gasteiger partial charge in [-0.1, -0.05) is 61.9 Å². The van der Waals surface area contributed by atoms with Gasteiger partial charge in [-0.25, -0.2) is 4.68 Å². The van der Waals surface area contributed by atoms with Gasteiger partial charge in [-0.3, -0.25) is 28.5 Å². The van der Waals surface area contributed by atoms with Gasteiger partial charge < -0.3 is 4.90 Å². The summed E-state index contributed by atoms with van der Waals surface area (Å²) in [6, 6.07) is 11.4. The summed E-state index contributed by atoms with van der Waals surface area (Å²) in [6.07, 6.45) is 6.72. The molecule has 1 amide bonds. The fraction of sp³-hybridized carbons (Fsp3) is 0.387. The fourth-order valence-corrected chi connectivity index (χ4v) is 7.05.